The second-order valence-corrected chi connectivity index (χ2v) is 8.71. The van der Waals surface area contributed by atoms with Gasteiger partial charge in [0.2, 0.25) is 0 Å². The molecular formula is C12H25OP. The summed E-state index contributed by atoms with van der Waals surface area (Å²) >= 11 is 0. The molecule has 1 nitrogen and oxygen atoms in total. The van der Waals surface area contributed by atoms with Crippen LogP contribution in [0, 0.1) is 5.92 Å². The van der Waals surface area contributed by atoms with Gasteiger partial charge in [-0.15, -0.1) is 0 Å². The molecule has 14 heavy (non-hydrogen) atoms. The van der Waals surface area contributed by atoms with E-state index in [1.807, 2.05) is 0 Å². The molecule has 1 rings (SSSR count). The number of allylic oxidation sites excluding steroid dienone is 2. The molecule has 0 aromatic carbocycles. The van der Waals surface area contributed by atoms with Gasteiger partial charge in [-0.1, -0.05) is 0 Å². The van der Waals surface area contributed by atoms with Crippen molar-refractivity contribution in [3.8, 4) is 0 Å². The summed E-state index contributed by atoms with van der Waals surface area (Å²) in [6.45, 7) is 4.52. The van der Waals surface area contributed by atoms with E-state index in [2.05, 4.69) is 26.0 Å². The van der Waals surface area contributed by atoms with Crippen molar-refractivity contribution in [1.29, 1.82) is 0 Å². The second-order valence-electron chi connectivity index (χ2n) is 4.86. The van der Waals surface area contributed by atoms with E-state index in [1.54, 1.807) is 0 Å². The molecule has 1 fully saturated rings. The molecule has 1 aliphatic rings. The van der Waals surface area contributed by atoms with Crippen molar-refractivity contribution >= 4 is 7.49 Å². The van der Waals surface area contributed by atoms with Crippen molar-refractivity contribution in [3.63, 3.8) is 0 Å². The molecule has 1 heterocycles. The summed E-state index contributed by atoms with van der Waals surface area (Å²) in [7, 11) is -1.76. The van der Waals surface area contributed by atoms with Crippen molar-refractivity contribution in [2.45, 2.75) is 39.5 Å². The molecule has 1 atom stereocenters. The first-order chi connectivity index (χ1) is 6.66. The van der Waals surface area contributed by atoms with Crippen LogP contribution in [0.4, 0.5) is 0 Å². The van der Waals surface area contributed by atoms with Gasteiger partial charge < -0.3 is 0 Å². The minimum atomic E-state index is -1.76. The Morgan fingerprint density at radius 1 is 1.29 bits per heavy atom. The summed E-state index contributed by atoms with van der Waals surface area (Å²) in [4.78, 5) is 10.2. The molecule has 0 bridgehead atoms. The van der Waals surface area contributed by atoms with Crippen LogP contribution < -0.4 is 0 Å². The zero-order valence-corrected chi connectivity index (χ0v) is 10.6. The molecule has 2 heteroatoms. The number of rotatable bonds is 5. The maximum atomic E-state index is 10.2. The third-order valence-electron chi connectivity index (χ3n) is 3.43. The first kappa shape index (κ1) is 12.2. The van der Waals surface area contributed by atoms with Gasteiger partial charge in [0.1, 0.15) is 0 Å². The van der Waals surface area contributed by atoms with Crippen LogP contribution in [0.5, 0.6) is 0 Å². The van der Waals surface area contributed by atoms with Gasteiger partial charge in [0.15, 0.2) is 0 Å². The summed E-state index contributed by atoms with van der Waals surface area (Å²) in [5, 5.41) is 0. The zero-order valence-electron chi connectivity index (χ0n) is 9.63. The molecule has 0 aromatic rings. The molecule has 0 aromatic heterocycles. The molecule has 1 N–H and O–H groups in total. The first-order valence-corrected chi connectivity index (χ1v) is 8.60. The van der Waals surface area contributed by atoms with Crippen molar-refractivity contribution in [3.05, 3.63) is 12.2 Å². The number of hydrogen-bond acceptors (Lipinski definition) is 1. The van der Waals surface area contributed by atoms with Crippen molar-refractivity contribution < 1.29 is 4.89 Å². The van der Waals surface area contributed by atoms with Crippen LogP contribution in [-0.4, -0.2) is 23.4 Å². The van der Waals surface area contributed by atoms with E-state index >= 15 is 0 Å². The normalized spacial score (nSPS) is 25.4. The molecule has 0 radical (unpaired) electrons. The Morgan fingerprint density at radius 3 is 2.50 bits per heavy atom. The Labute approximate surface area is 89.0 Å². The Kier molecular flexibility index (Phi) is 5.12. The Hall–Kier alpha value is 0.130. The van der Waals surface area contributed by atoms with Gasteiger partial charge >= 0.3 is 88.5 Å². The fraction of sp³-hybridized carbons (Fsp3) is 0.833. The van der Waals surface area contributed by atoms with E-state index in [4.69, 9.17) is 0 Å². The fourth-order valence-corrected chi connectivity index (χ4v) is 5.12. The summed E-state index contributed by atoms with van der Waals surface area (Å²) in [5.74, 6) is 0.797. The molecular weight excluding hydrogens is 191 g/mol. The fourth-order valence-electron chi connectivity index (χ4n) is 2.04. The van der Waals surface area contributed by atoms with Gasteiger partial charge in [0, 0.05) is 0 Å². The van der Waals surface area contributed by atoms with E-state index in [9.17, 15) is 4.89 Å². The minimum absolute atomic E-state index is 0.797. The number of hydrogen-bond donors (Lipinski definition) is 1. The van der Waals surface area contributed by atoms with Gasteiger partial charge in [-0.05, 0) is 0 Å². The van der Waals surface area contributed by atoms with E-state index in [0.29, 0.717) is 0 Å². The molecule has 0 saturated carbocycles. The van der Waals surface area contributed by atoms with Gasteiger partial charge in [0.05, 0.1) is 0 Å². The quantitative estimate of drug-likeness (QED) is 0.551. The van der Waals surface area contributed by atoms with Crippen molar-refractivity contribution in [2.75, 3.05) is 18.5 Å². The van der Waals surface area contributed by atoms with Crippen molar-refractivity contribution in [2.24, 2.45) is 5.92 Å². The van der Waals surface area contributed by atoms with Gasteiger partial charge in [-0.25, -0.2) is 0 Å². The SMILES string of the molecule is CCC(C)C/C=C/C[PH]1(O)CCCC1. The molecule has 1 saturated heterocycles. The summed E-state index contributed by atoms with van der Waals surface area (Å²) in [6.07, 6.45) is 12.8. The predicted molar refractivity (Wildman–Crippen MR) is 67.6 cm³/mol. The topological polar surface area (TPSA) is 20.2 Å². The third kappa shape index (κ3) is 4.11. The van der Waals surface area contributed by atoms with Crippen LogP contribution in [0.15, 0.2) is 12.2 Å². The van der Waals surface area contributed by atoms with Crippen LogP contribution in [0.2, 0.25) is 0 Å². The van der Waals surface area contributed by atoms with Crippen LogP contribution >= 0.6 is 7.49 Å². The average molecular weight is 216 g/mol. The van der Waals surface area contributed by atoms with Crippen LogP contribution in [0.1, 0.15) is 39.5 Å². The summed E-state index contributed by atoms with van der Waals surface area (Å²) < 4.78 is 0. The summed E-state index contributed by atoms with van der Waals surface area (Å²) in [5.41, 5.74) is 0. The van der Waals surface area contributed by atoms with Crippen LogP contribution in [0.3, 0.4) is 0 Å². The predicted octanol–water partition coefficient (Wildman–Crippen LogP) is 3.43. The van der Waals surface area contributed by atoms with E-state index < -0.39 is 7.49 Å². The second kappa shape index (κ2) is 5.88. The molecule has 1 unspecified atom stereocenters. The van der Waals surface area contributed by atoms with Gasteiger partial charge in [-0.2, -0.15) is 0 Å². The van der Waals surface area contributed by atoms with Crippen LogP contribution in [0.25, 0.3) is 0 Å². The molecule has 0 spiro atoms. The van der Waals surface area contributed by atoms with E-state index in [-0.39, 0.29) is 0 Å². The Balaban J connectivity index is 2.18. The average Bonchev–Trinajstić information content (AvgIpc) is 2.60. The zero-order chi connectivity index (χ0) is 10.4. The van der Waals surface area contributed by atoms with Gasteiger partial charge in [-0.3, -0.25) is 0 Å². The molecule has 0 aliphatic carbocycles. The van der Waals surface area contributed by atoms with Crippen molar-refractivity contribution in [1.82, 2.24) is 0 Å². The first-order valence-electron chi connectivity index (χ1n) is 6.04. The monoisotopic (exact) mass is 216 g/mol. The van der Waals surface area contributed by atoms with Crippen LogP contribution in [-0.2, 0) is 0 Å². The van der Waals surface area contributed by atoms with E-state index in [1.165, 1.54) is 25.7 Å². The molecule has 0 amide bonds. The molecule has 84 valence electrons. The van der Waals surface area contributed by atoms with E-state index in [0.717, 1.165) is 24.4 Å². The maximum absolute atomic E-state index is 10.2. The summed E-state index contributed by atoms with van der Waals surface area (Å²) in [6, 6.07) is 0. The Morgan fingerprint density at radius 2 is 1.93 bits per heavy atom. The molecule has 1 aliphatic heterocycles. The Bertz CT molecular complexity index is 183. The van der Waals surface area contributed by atoms with Gasteiger partial charge in [0.25, 0.3) is 0 Å². The third-order valence-corrected chi connectivity index (χ3v) is 7.00. The standard InChI is InChI=1S/C12H25OP/c1-3-12(2)8-4-5-9-14(13)10-6-7-11-14/h4-5,12-14H,3,6-11H2,1-2H3/b5-4+.